The third-order valence-electron chi connectivity index (χ3n) is 3.33. The highest BCUT2D eigenvalue weighted by Crippen LogP contribution is 2.28. The van der Waals surface area contributed by atoms with E-state index in [0.29, 0.717) is 5.75 Å². The molecule has 0 fully saturated rings. The molecule has 20 heavy (non-hydrogen) atoms. The molecule has 0 bridgehead atoms. The van der Waals surface area contributed by atoms with Crippen molar-refractivity contribution in [3.05, 3.63) is 46.2 Å². The fourth-order valence-electron chi connectivity index (χ4n) is 2.12. The average molecular weight is 291 g/mol. The number of ether oxygens (including phenoxy) is 1. The summed E-state index contributed by atoms with van der Waals surface area (Å²) in [5.41, 5.74) is 1.16. The molecular weight excluding hydrogens is 270 g/mol. The molecule has 0 amide bonds. The third-order valence-corrected chi connectivity index (χ3v) is 4.56. The van der Waals surface area contributed by atoms with Crippen LogP contribution in [0.1, 0.15) is 24.3 Å². The van der Waals surface area contributed by atoms with E-state index >= 15 is 0 Å². The molecule has 0 aliphatic heterocycles. The third kappa shape index (κ3) is 3.52. The van der Waals surface area contributed by atoms with Crippen LogP contribution in [0.25, 0.3) is 0 Å². The van der Waals surface area contributed by atoms with Gasteiger partial charge >= 0.3 is 0 Å². The van der Waals surface area contributed by atoms with E-state index in [1.807, 2.05) is 6.07 Å². The predicted molar refractivity (Wildman–Crippen MR) is 83.7 cm³/mol. The van der Waals surface area contributed by atoms with Crippen molar-refractivity contribution in [3.63, 3.8) is 0 Å². The van der Waals surface area contributed by atoms with Gasteiger partial charge in [-0.15, -0.1) is 11.3 Å². The Kier molecular flexibility index (Phi) is 4.68. The number of benzene rings is 1. The van der Waals surface area contributed by atoms with Crippen LogP contribution in [0.3, 0.4) is 0 Å². The molecule has 0 spiro atoms. The van der Waals surface area contributed by atoms with E-state index in [1.54, 1.807) is 30.6 Å². The lowest BCUT2D eigenvalue weighted by Gasteiger charge is -2.23. The van der Waals surface area contributed by atoms with Crippen molar-refractivity contribution >= 4 is 11.3 Å². The summed E-state index contributed by atoms with van der Waals surface area (Å²) in [5, 5.41) is 15.3. The SMILES string of the molecule is COc1ccc(CNCC(C)(C)c2cccs2)cc1O. The standard InChI is InChI=1S/C16H21NO2S/c1-16(2,15-5-4-8-20-15)11-17-10-12-6-7-14(19-3)13(18)9-12/h4-9,17-18H,10-11H2,1-3H3. The molecule has 1 heterocycles. The van der Waals surface area contributed by atoms with E-state index in [4.69, 9.17) is 4.74 Å². The lowest BCUT2D eigenvalue weighted by molar-refractivity contribution is 0.373. The van der Waals surface area contributed by atoms with Crippen LogP contribution in [0.4, 0.5) is 0 Å². The van der Waals surface area contributed by atoms with Gasteiger partial charge < -0.3 is 15.2 Å². The average Bonchev–Trinajstić information content (AvgIpc) is 2.93. The van der Waals surface area contributed by atoms with Crippen LogP contribution in [0, 0.1) is 0 Å². The molecule has 4 heteroatoms. The van der Waals surface area contributed by atoms with E-state index in [-0.39, 0.29) is 11.2 Å². The number of thiophene rings is 1. The first-order valence-electron chi connectivity index (χ1n) is 6.63. The van der Waals surface area contributed by atoms with E-state index in [2.05, 4.69) is 36.7 Å². The maximum absolute atomic E-state index is 9.75. The zero-order valence-electron chi connectivity index (χ0n) is 12.1. The lowest BCUT2D eigenvalue weighted by Crippen LogP contribution is -2.31. The summed E-state index contributed by atoms with van der Waals surface area (Å²) >= 11 is 1.79. The van der Waals surface area contributed by atoms with Crippen LogP contribution < -0.4 is 10.1 Å². The number of phenolic OH excluding ortho intramolecular Hbond substituents is 1. The Labute approximate surface area is 124 Å². The summed E-state index contributed by atoms with van der Waals surface area (Å²) in [6.45, 7) is 6.08. The highest BCUT2D eigenvalue weighted by Gasteiger charge is 2.20. The lowest BCUT2D eigenvalue weighted by atomic mass is 9.91. The number of aromatic hydroxyl groups is 1. The van der Waals surface area contributed by atoms with Crippen molar-refractivity contribution in [1.29, 1.82) is 0 Å². The van der Waals surface area contributed by atoms with Crippen LogP contribution in [0.2, 0.25) is 0 Å². The van der Waals surface area contributed by atoms with E-state index in [1.165, 1.54) is 4.88 Å². The van der Waals surface area contributed by atoms with Gasteiger partial charge in [-0.05, 0) is 29.1 Å². The van der Waals surface area contributed by atoms with E-state index in [0.717, 1.165) is 18.7 Å². The van der Waals surface area contributed by atoms with Gasteiger partial charge in [0.25, 0.3) is 0 Å². The highest BCUT2D eigenvalue weighted by molar-refractivity contribution is 7.10. The van der Waals surface area contributed by atoms with Crippen molar-refractivity contribution < 1.29 is 9.84 Å². The van der Waals surface area contributed by atoms with Crippen molar-refractivity contribution in [2.24, 2.45) is 0 Å². The Morgan fingerprint density at radius 2 is 2.10 bits per heavy atom. The Morgan fingerprint density at radius 3 is 2.70 bits per heavy atom. The summed E-state index contributed by atoms with van der Waals surface area (Å²) in [7, 11) is 1.55. The molecule has 2 aromatic rings. The molecule has 108 valence electrons. The summed E-state index contributed by atoms with van der Waals surface area (Å²) in [6.07, 6.45) is 0. The maximum atomic E-state index is 9.75. The van der Waals surface area contributed by atoms with Gasteiger partial charge in [-0.2, -0.15) is 0 Å². The second kappa shape index (κ2) is 6.29. The Bertz CT molecular complexity index is 550. The van der Waals surface area contributed by atoms with Gasteiger partial charge in [-0.25, -0.2) is 0 Å². The first-order chi connectivity index (χ1) is 9.53. The van der Waals surface area contributed by atoms with E-state index < -0.39 is 0 Å². The molecule has 1 aromatic heterocycles. The number of rotatable bonds is 6. The van der Waals surface area contributed by atoms with E-state index in [9.17, 15) is 5.11 Å². The molecule has 0 saturated heterocycles. The number of nitrogens with one attached hydrogen (secondary N) is 1. The molecule has 0 radical (unpaired) electrons. The molecule has 0 aliphatic carbocycles. The normalized spacial score (nSPS) is 11.6. The zero-order chi connectivity index (χ0) is 14.6. The van der Waals surface area contributed by atoms with Gasteiger partial charge in [0.2, 0.25) is 0 Å². The number of phenols is 1. The van der Waals surface area contributed by atoms with Crippen LogP contribution in [-0.4, -0.2) is 18.8 Å². The molecule has 0 unspecified atom stereocenters. The number of methoxy groups -OCH3 is 1. The van der Waals surface area contributed by atoms with Crippen LogP contribution >= 0.6 is 11.3 Å². The van der Waals surface area contributed by atoms with Gasteiger partial charge in [-0.1, -0.05) is 26.0 Å². The smallest absolute Gasteiger partial charge is 0.160 e. The Balaban J connectivity index is 1.91. The minimum Gasteiger partial charge on any atom is -0.504 e. The van der Waals surface area contributed by atoms with Gasteiger partial charge in [-0.3, -0.25) is 0 Å². The second-order valence-corrected chi connectivity index (χ2v) is 6.42. The topological polar surface area (TPSA) is 41.5 Å². The molecule has 0 atom stereocenters. The largest absolute Gasteiger partial charge is 0.504 e. The van der Waals surface area contributed by atoms with Crippen LogP contribution in [0.15, 0.2) is 35.7 Å². The molecule has 2 rings (SSSR count). The predicted octanol–water partition coefficient (Wildman–Crippen LogP) is 3.53. The first kappa shape index (κ1) is 14.9. The molecular formula is C16H21NO2S. The summed E-state index contributed by atoms with van der Waals surface area (Å²) in [6, 6.07) is 9.75. The van der Waals surface area contributed by atoms with Gasteiger partial charge in [0.05, 0.1) is 7.11 Å². The van der Waals surface area contributed by atoms with Crippen molar-refractivity contribution in [1.82, 2.24) is 5.32 Å². The molecule has 0 aliphatic rings. The first-order valence-corrected chi connectivity index (χ1v) is 7.51. The van der Waals surface area contributed by atoms with Crippen molar-refractivity contribution in [2.45, 2.75) is 25.8 Å². The number of hydrogen-bond acceptors (Lipinski definition) is 4. The molecule has 0 saturated carbocycles. The fraction of sp³-hybridized carbons (Fsp3) is 0.375. The van der Waals surface area contributed by atoms with Crippen LogP contribution in [-0.2, 0) is 12.0 Å². The number of hydrogen-bond donors (Lipinski definition) is 2. The Hall–Kier alpha value is -1.52. The Morgan fingerprint density at radius 1 is 1.30 bits per heavy atom. The highest BCUT2D eigenvalue weighted by atomic mass is 32.1. The van der Waals surface area contributed by atoms with Crippen molar-refractivity contribution in [3.8, 4) is 11.5 Å². The van der Waals surface area contributed by atoms with Gasteiger partial charge in [0.1, 0.15) is 0 Å². The quantitative estimate of drug-likeness (QED) is 0.855. The molecule has 3 nitrogen and oxygen atoms in total. The van der Waals surface area contributed by atoms with Crippen LogP contribution in [0.5, 0.6) is 11.5 Å². The fourth-order valence-corrected chi connectivity index (χ4v) is 2.97. The minimum atomic E-state index is 0.114. The summed E-state index contributed by atoms with van der Waals surface area (Å²) in [4.78, 5) is 1.38. The second-order valence-electron chi connectivity index (χ2n) is 5.47. The summed E-state index contributed by atoms with van der Waals surface area (Å²) < 4.78 is 5.04. The molecule has 2 N–H and O–H groups in total. The molecule has 1 aromatic carbocycles. The van der Waals surface area contributed by atoms with Gasteiger partial charge in [0.15, 0.2) is 11.5 Å². The monoisotopic (exact) mass is 291 g/mol. The maximum Gasteiger partial charge on any atom is 0.160 e. The summed E-state index contributed by atoms with van der Waals surface area (Å²) in [5.74, 6) is 0.692. The van der Waals surface area contributed by atoms with Crippen molar-refractivity contribution in [2.75, 3.05) is 13.7 Å². The zero-order valence-corrected chi connectivity index (χ0v) is 13.0. The van der Waals surface area contributed by atoms with Gasteiger partial charge in [0, 0.05) is 23.4 Å². The minimum absolute atomic E-state index is 0.114.